The van der Waals surface area contributed by atoms with Gasteiger partial charge in [-0.3, -0.25) is 9.79 Å². The zero-order valence-electron chi connectivity index (χ0n) is 13.9. The summed E-state index contributed by atoms with van der Waals surface area (Å²) in [7, 11) is -5.19. The molecule has 1 unspecified atom stereocenters. The SMILES string of the molecule is O=C(OP(=O)(O)O)[C@H](O)[C@@H](O)[C@H](O)[C@H](O)CO.OCC(O)CCC1CC1. The number of carbonyl (C=O) groups excluding carboxylic acids is 1. The van der Waals surface area contributed by atoms with E-state index in [1.165, 1.54) is 12.8 Å². The fourth-order valence-corrected chi connectivity index (χ4v) is 2.10. The normalized spacial score (nSPS) is 20.2. The van der Waals surface area contributed by atoms with Crippen LogP contribution in [0.15, 0.2) is 0 Å². The summed E-state index contributed by atoms with van der Waals surface area (Å²) < 4.78 is 13.7. The van der Waals surface area contributed by atoms with Crippen LogP contribution in [0.3, 0.4) is 0 Å². The van der Waals surface area contributed by atoms with Crippen LogP contribution in [0.5, 0.6) is 0 Å². The number of phosphoric acid groups is 1. The molecule has 5 atom stereocenters. The second-order valence-corrected chi connectivity index (χ2v) is 7.10. The number of hydrogen-bond donors (Lipinski definition) is 9. The zero-order valence-corrected chi connectivity index (χ0v) is 14.8. The molecule has 0 amide bonds. The lowest BCUT2D eigenvalue weighted by Crippen LogP contribution is -2.48. The molecule has 0 saturated heterocycles. The van der Waals surface area contributed by atoms with Crippen molar-refractivity contribution in [3.8, 4) is 0 Å². The minimum Gasteiger partial charge on any atom is -0.394 e. The number of hydrogen-bond acceptors (Lipinski definition) is 10. The lowest BCUT2D eigenvalue weighted by Gasteiger charge is -2.24. The van der Waals surface area contributed by atoms with Gasteiger partial charge in [-0.25, -0.2) is 9.36 Å². The van der Waals surface area contributed by atoms with E-state index in [4.69, 9.17) is 45.5 Å². The van der Waals surface area contributed by atoms with Gasteiger partial charge in [0.2, 0.25) is 0 Å². The Morgan fingerprint density at radius 2 is 1.54 bits per heavy atom. The highest BCUT2D eigenvalue weighted by Gasteiger charge is 2.37. The first-order valence-electron chi connectivity index (χ1n) is 7.84. The predicted octanol–water partition coefficient (Wildman–Crippen LogP) is -3.41. The van der Waals surface area contributed by atoms with Gasteiger partial charge >= 0.3 is 13.8 Å². The minimum absolute atomic E-state index is 0.0767. The van der Waals surface area contributed by atoms with E-state index < -0.39 is 50.9 Å². The fourth-order valence-electron chi connectivity index (χ4n) is 1.76. The molecule has 1 saturated carbocycles. The van der Waals surface area contributed by atoms with Crippen LogP contribution in [0.1, 0.15) is 25.7 Å². The van der Waals surface area contributed by atoms with Crippen molar-refractivity contribution < 1.29 is 59.4 Å². The smallest absolute Gasteiger partial charge is 0.394 e. The highest BCUT2D eigenvalue weighted by Crippen LogP contribution is 2.36. The number of rotatable bonds is 10. The van der Waals surface area contributed by atoms with Gasteiger partial charge in [-0.15, -0.1) is 0 Å². The van der Waals surface area contributed by atoms with E-state index in [9.17, 15) is 9.36 Å². The molecule has 0 aromatic carbocycles. The Morgan fingerprint density at radius 3 is 1.92 bits per heavy atom. The van der Waals surface area contributed by atoms with E-state index in [-0.39, 0.29) is 6.61 Å². The van der Waals surface area contributed by atoms with Crippen molar-refractivity contribution in [1.29, 1.82) is 0 Å². The molecule has 9 N–H and O–H groups in total. The van der Waals surface area contributed by atoms with E-state index in [0.717, 1.165) is 18.8 Å². The maximum atomic E-state index is 10.8. The third kappa shape index (κ3) is 11.1. The molecule has 12 nitrogen and oxygen atoms in total. The van der Waals surface area contributed by atoms with Crippen LogP contribution in [0.4, 0.5) is 0 Å². The molecule has 0 aromatic heterocycles. The van der Waals surface area contributed by atoms with Crippen molar-refractivity contribution >= 4 is 13.8 Å². The lowest BCUT2D eigenvalue weighted by molar-refractivity contribution is -0.162. The lowest BCUT2D eigenvalue weighted by atomic mass is 10.0. The van der Waals surface area contributed by atoms with Crippen LogP contribution in [-0.2, 0) is 13.9 Å². The van der Waals surface area contributed by atoms with Gasteiger partial charge in [0.1, 0.15) is 18.3 Å². The first-order chi connectivity index (χ1) is 11.9. The molecule has 0 aliphatic heterocycles. The second-order valence-electron chi connectivity index (χ2n) is 5.93. The summed E-state index contributed by atoms with van der Waals surface area (Å²) in [5.41, 5.74) is 0. The molecule has 0 heterocycles. The van der Waals surface area contributed by atoms with Crippen LogP contribution >= 0.6 is 7.82 Å². The summed E-state index contributed by atoms with van der Waals surface area (Å²) in [4.78, 5) is 27.3. The van der Waals surface area contributed by atoms with Gasteiger partial charge in [-0.2, -0.15) is 0 Å². The van der Waals surface area contributed by atoms with Crippen molar-refractivity contribution in [1.82, 2.24) is 0 Å². The maximum absolute atomic E-state index is 10.8. The molecule has 0 bridgehead atoms. The van der Waals surface area contributed by atoms with Crippen LogP contribution < -0.4 is 0 Å². The average Bonchev–Trinajstić information content (AvgIpc) is 3.40. The third-order valence-corrected chi connectivity index (χ3v) is 3.94. The van der Waals surface area contributed by atoms with E-state index in [1.807, 2.05) is 0 Å². The molecule has 1 aliphatic rings. The molecular formula is C13H27O12P. The molecule has 26 heavy (non-hydrogen) atoms. The topological polar surface area (TPSA) is 225 Å². The van der Waals surface area contributed by atoms with Gasteiger partial charge in [0.15, 0.2) is 6.10 Å². The second kappa shape index (κ2) is 11.9. The number of aliphatic hydroxyl groups is 7. The summed E-state index contributed by atoms with van der Waals surface area (Å²) in [5.74, 6) is -1.01. The van der Waals surface area contributed by atoms with E-state index in [1.54, 1.807) is 0 Å². The molecule has 156 valence electrons. The van der Waals surface area contributed by atoms with E-state index >= 15 is 0 Å². The summed E-state index contributed by atoms with van der Waals surface area (Å²) >= 11 is 0. The summed E-state index contributed by atoms with van der Waals surface area (Å²) in [6.45, 7) is -1.04. The highest BCUT2D eigenvalue weighted by atomic mass is 31.2. The summed E-state index contributed by atoms with van der Waals surface area (Å²) in [6.07, 6.45) is -4.64. The largest absolute Gasteiger partial charge is 0.527 e. The first kappa shape index (κ1) is 25.3. The van der Waals surface area contributed by atoms with Crippen molar-refractivity contribution in [2.75, 3.05) is 13.2 Å². The Bertz CT molecular complexity index is 450. The Labute approximate surface area is 149 Å². The third-order valence-electron chi connectivity index (χ3n) is 3.52. The quantitative estimate of drug-likeness (QED) is 0.162. The van der Waals surface area contributed by atoms with Crippen molar-refractivity contribution in [3.05, 3.63) is 0 Å². The van der Waals surface area contributed by atoms with Gasteiger partial charge < -0.3 is 40.3 Å². The molecule has 1 rings (SSSR count). The van der Waals surface area contributed by atoms with E-state index in [2.05, 4.69) is 4.52 Å². The van der Waals surface area contributed by atoms with Crippen molar-refractivity contribution in [2.24, 2.45) is 5.92 Å². The van der Waals surface area contributed by atoms with Gasteiger partial charge in [0, 0.05) is 0 Å². The number of phosphoric ester groups is 1. The van der Waals surface area contributed by atoms with Gasteiger partial charge in [-0.1, -0.05) is 12.8 Å². The van der Waals surface area contributed by atoms with Crippen LogP contribution in [0.2, 0.25) is 0 Å². The Hall–Kier alpha value is -0.660. The van der Waals surface area contributed by atoms with E-state index in [0.29, 0.717) is 0 Å². The molecule has 0 aromatic rings. The zero-order chi connectivity index (χ0) is 20.5. The van der Waals surface area contributed by atoms with Gasteiger partial charge in [0.05, 0.1) is 19.3 Å². The van der Waals surface area contributed by atoms with Crippen molar-refractivity contribution in [3.63, 3.8) is 0 Å². The molecule has 0 spiro atoms. The first-order valence-corrected chi connectivity index (χ1v) is 9.37. The molecular weight excluding hydrogens is 379 g/mol. The average molecular weight is 406 g/mol. The predicted molar refractivity (Wildman–Crippen MR) is 84.3 cm³/mol. The maximum Gasteiger partial charge on any atom is 0.527 e. The number of aliphatic hydroxyl groups excluding tert-OH is 7. The Morgan fingerprint density at radius 1 is 1.00 bits per heavy atom. The van der Waals surface area contributed by atoms with Crippen LogP contribution in [-0.4, -0.2) is 95.2 Å². The Kier molecular flexibility index (Phi) is 11.6. The minimum atomic E-state index is -5.19. The summed E-state index contributed by atoms with van der Waals surface area (Å²) in [6, 6.07) is 0. The molecule has 1 fully saturated rings. The number of carbonyl (C=O) groups is 1. The monoisotopic (exact) mass is 406 g/mol. The fraction of sp³-hybridized carbons (Fsp3) is 0.923. The van der Waals surface area contributed by atoms with Crippen LogP contribution in [0.25, 0.3) is 0 Å². The molecule has 1 aliphatic carbocycles. The summed E-state index contributed by atoms with van der Waals surface area (Å²) in [5, 5.41) is 61.9. The van der Waals surface area contributed by atoms with Gasteiger partial charge in [-0.05, 0) is 18.8 Å². The Balaban J connectivity index is 0.000000577. The van der Waals surface area contributed by atoms with Crippen LogP contribution in [0, 0.1) is 5.92 Å². The van der Waals surface area contributed by atoms with Crippen molar-refractivity contribution in [2.45, 2.75) is 56.2 Å². The standard InChI is InChI=1S/C7H14O2.C6H13O10P/c8-5-7(9)4-3-6-1-2-6;7-1-2(8)3(9)4(10)5(11)6(12)16-17(13,14)15/h6-9H,1-5H2;2-5,7-11H,1H2,(H2,13,14,15)/t;2-,3-,4+,5-/m.1/s1. The van der Waals surface area contributed by atoms with Gasteiger partial charge in [0.25, 0.3) is 0 Å². The molecule has 0 radical (unpaired) electrons. The molecule has 13 heteroatoms. The highest BCUT2D eigenvalue weighted by molar-refractivity contribution is 7.46.